The molecule has 6 nitrogen and oxygen atoms in total. The van der Waals surface area contributed by atoms with E-state index in [9.17, 15) is 14.5 Å². The second-order valence-corrected chi connectivity index (χ2v) is 5.02. The highest BCUT2D eigenvalue weighted by Crippen LogP contribution is 2.32. The molecule has 0 N–H and O–H groups in total. The first-order valence-electron chi connectivity index (χ1n) is 7.07. The van der Waals surface area contributed by atoms with Crippen LogP contribution < -0.4 is 9.47 Å². The van der Waals surface area contributed by atoms with Gasteiger partial charge in [-0.3, -0.25) is 15.1 Å². The van der Waals surface area contributed by atoms with Crippen LogP contribution in [0.4, 0.5) is 10.1 Å². The van der Waals surface area contributed by atoms with Crippen molar-refractivity contribution in [1.82, 2.24) is 4.98 Å². The van der Waals surface area contributed by atoms with Crippen molar-refractivity contribution in [2.45, 2.75) is 6.61 Å². The zero-order valence-electron chi connectivity index (χ0n) is 12.7. The molecule has 0 saturated carbocycles. The van der Waals surface area contributed by atoms with Crippen molar-refractivity contribution in [2.75, 3.05) is 7.11 Å². The summed E-state index contributed by atoms with van der Waals surface area (Å²) in [5, 5.41) is 11.6. The topological polar surface area (TPSA) is 74.5 Å². The van der Waals surface area contributed by atoms with Crippen molar-refractivity contribution in [3.63, 3.8) is 0 Å². The Morgan fingerprint density at radius 1 is 1.21 bits per heavy atom. The molecule has 0 spiro atoms. The average molecular weight is 328 g/mol. The van der Waals surface area contributed by atoms with Crippen LogP contribution in [0.1, 0.15) is 5.56 Å². The summed E-state index contributed by atoms with van der Waals surface area (Å²) in [4.78, 5) is 14.6. The lowest BCUT2D eigenvalue weighted by Crippen LogP contribution is -2.01. The number of nitrogens with zero attached hydrogens (tertiary/aromatic N) is 2. The van der Waals surface area contributed by atoms with E-state index in [4.69, 9.17) is 9.47 Å². The normalized spacial score (nSPS) is 10.6. The molecule has 0 bridgehead atoms. The van der Waals surface area contributed by atoms with Gasteiger partial charge in [-0.2, -0.15) is 0 Å². The molecule has 0 amide bonds. The molecule has 0 aliphatic carbocycles. The van der Waals surface area contributed by atoms with Gasteiger partial charge in [-0.05, 0) is 24.3 Å². The minimum Gasteiger partial charge on any atom is -0.493 e. The first-order chi connectivity index (χ1) is 11.6. The molecule has 3 rings (SSSR count). The number of rotatable bonds is 5. The standard InChI is InChI=1S/C17H13FN2O4/c1-23-15-5-4-14(20(21)22)9-16(15)24-10-12-8-13(18)7-11-3-2-6-19-17(11)12/h2-9H,10H2,1H3. The third kappa shape index (κ3) is 3.10. The van der Waals surface area contributed by atoms with Gasteiger partial charge in [0.15, 0.2) is 11.5 Å². The number of aromatic nitrogens is 1. The van der Waals surface area contributed by atoms with Gasteiger partial charge in [0.2, 0.25) is 0 Å². The Balaban J connectivity index is 1.94. The zero-order chi connectivity index (χ0) is 17.1. The molecular weight excluding hydrogens is 315 g/mol. The van der Waals surface area contributed by atoms with Crippen LogP contribution in [0, 0.1) is 15.9 Å². The number of methoxy groups -OCH3 is 1. The Morgan fingerprint density at radius 2 is 2.04 bits per heavy atom. The monoisotopic (exact) mass is 328 g/mol. The molecule has 0 aliphatic heterocycles. The van der Waals surface area contributed by atoms with Crippen molar-refractivity contribution in [3.8, 4) is 11.5 Å². The number of hydrogen-bond acceptors (Lipinski definition) is 5. The highest BCUT2D eigenvalue weighted by molar-refractivity contribution is 5.81. The Kier molecular flexibility index (Phi) is 4.24. The van der Waals surface area contributed by atoms with E-state index in [1.165, 1.54) is 37.4 Å². The maximum atomic E-state index is 13.7. The number of nitro groups is 1. The van der Waals surface area contributed by atoms with E-state index >= 15 is 0 Å². The lowest BCUT2D eigenvalue weighted by molar-refractivity contribution is -0.385. The lowest BCUT2D eigenvalue weighted by Gasteiger charge is -2.11. The van der Waals surface area contributed by atoms with Crippen LogP contribution in [0.15, 0.2) is 48.7 Å². The summed E-state index contributed by atoms with van der Waals surface area (Å²) in [6.07, 6.45) is 1.61. The van der Waals surface area contributed by atoms with Gasteiger partial charge in [-0.25, -0.2) is 4.39 Å². The molecule has 7 heteroatoms. The fourth-order valence-electron chi connectivity index (χ4n) is 2.38. The number of benzene rings is 2. The fraction of sp³-hybridized carbons (Fsp3) is 0.118. The third-order valence-electron chi connectivity index (χ3n) is 3.49. The molecule has 1 aromatic heterocycles. The highest BCUT2D eigenvalue weighted by atomic mass is 19.1. The molecule has 24 heavy (non-hydrogen) atoms. The number of hydrogen-bond donors (Lipinski definition) is 0. The first-order valence-corrected chi connectivity index (χ1v) is 7.07. The summed E-state index contributed by atoms with van der Waals surface area (Å²) in [5.41, 5.74) is 1.04. The van der Waals surface area contributed by atoms with Crippen molar-refractivity contribution < 1.29 is 18.8 Å². The van der Waals surface area contributed by atoms with Crippen LogP contribution in [0.2, 0.25) is 0 Å². The second-order valence-electron chi connectivity index (χ2n) is 5.02. The summed E-state index contributed by atoms with van der Waals surface area (Å²) in [5.74, 6) is 0.161. The molecule has 0 saturated heterocycles. The minimum absolute atomic E-state index is 0.00278. The summed E-state index contributed by atoms with van der Waals surface area (Å²) in [7, 11) is 1.44. The van der Waals surface area contributed by atoms with Gasteiger partial charge in [-0.15, -0.1) is 0 Å². The Labute approximate surface area is 136 Å². The fourth-order valence-corrected chi connectivity index (χ4v) is 2.38. The van der Waals surface area contributed by atoms with Crippen LogP contribution in [0.3, 0.4) is 0 Å². The number of halogens is 1. The maximum Gasteiger partial charge on any atom is 0.273 e. The van der Waals surface area contributed by atoms with E-state index < -0.39 is 10.7 Å². The zero-order valence-corrected chi connectivity index (χ0v) is 12.7. The molecule has 0 aliphatic rings. The van der Waals surface area contributed by atoms with Crippen LogP contribution in [0.5, 0.6) is 11.5 Å². The Morgan fingerprint density at radius 3 is 2.79 bits per heavy atom. The molecule has 0 atom stereocenters. The van der Waals surface area contributed by atoms with Gasteiger partial charge in [0, 0.05) is 23.2 Å². The molecule has 1 heterocycles. The summed E-state index contributed by atoms with van der Waals surface area (Å²) < 4.78 is 24.5. The minimum atomic E-state index is -0.522. The van der Waals surface area contributed by atoms with Gasteiger partial charge in [0.1, 0.15) is 12.4 Å². The molecule has 0 fully saturated rings. The third-order valence-corrected chi connectivity index (χ3v) is 3.49. The summed E-state index contributed by atoms with van der Waals surface area (Å²) >= 11 is 0. The summed E-state index contributed by atoms with van der Waals surface area (Å²) in [6.45, 7) is 0.00278. The second kappa shape index (κ2) is 6.49. The Bertz CT molecular complexity index is 914. The smallest absolute Gasteiger partial charge is 0.273 e. The number of fused-ring (bicyclic) bond motifs is 1. The van der Waals surface area contributed by atoms with Gasteiger partial charge in [-0.1, -0.05) is 6.07 Å². The van der Waals surface area contributed by atoms with Crippen molar-refractivity contribution >= 4 is 16.6 Å². The molecule has 0 radical (unpaired) electrons. The van der Waals surface area contributed by atoms with Crippen molar-refractivity contribution in [1.29, 1.82) is 0 Å². The van der Waals surface area contributed by atoms with Crippen molar-refractivity contribution in [2.24, 2.45) is 0 Å². The van der Waals surface area contributed by atoms with E-state index in [2.05, 4.69) is 4.98 Å². The van der Waals surface area contributed by atoms with E-state index in [1.54, 1.807) is 18.3 Å². The van der Waals surface area contributed by atoms with Crippen LogP contribution in [-0.4, -0.2) is 17.0 Å². The molecular formula is C17H13FN2O4. The molecule has 3 aromatic rings. The number of nitro benzene ring substituents is 1. The van der Waals surface area contributed by atoms with Gasteiger partial charge in [0.05, 0.1) is 23.6 Å². The number of pyridine rings is 1. The van der Waals surface area contributed by atoms with E-state index in [1.807, 2.05) is 0 Å². The van der Waals surface area contributed by atoms with Crippen molar-refractivity contribution in [3.05, 3.63) is 70.2 Å². The van der Waals surface area contributed by atoms with Gasteiger partial charge in [0.25, 0.3) is 5.69 Å². The van der Waals surface area contributed by atoms with E-state index in [-0.39, 0.29) is 18.0 Å². The predicted molar refractivity (Wildman–Crippen MR) is 85.7 cm³/mol. The quantitative estimate of drug-likeness (QED) is 0.525. The number of ether oxygens (including phenoxy) is 2. The number of non-ortho nitro benzene ring substituents is 1. The van der Waals surface area contributed by atoms with Gasteiger partial charge >= 0.3 is 0 Å². The van der Waals surface area contributed by atoms with Crippen LogP contribution in [0.25, 0.3) is 10.9 Å². The van der Waals surface area contributed by atoms with E-state index in [0.717, 1.165) is 0 Å². The SMILES string of the molecule is COc1ccc([N+](=O)[O-])cc1OCc1cc(F)cc2cccnc12. The lowest BCUT2D eigenvalue weighted by atomic mass is 10.1. The largest absolute Gasteiger partial charge is 0.493 e. The Hall–Kier alpha value is -3.22. The maximum absolute atomic E-state index is 13.7. The van der Waals surface area contributed by atoms with Gasteiger partial charge < -0.3 is 9.47 Å². The van der Waals surface area contributed by atoms with Crippen LogP contribution in [-0.2, 0) is 6.61 Å². The molecule has 2 aromatic carbocycles. The summed E-state index contributed by atoms with van der Waals surface area (Å²) in [6, 6.07) is 10.2. The van der Waals surface area contributed by atoms with E-state index in [0.29, 0.717) is 22.2 Å². The van der Waals surface area contributed by atoms with Crippen LogP contribution >= 0.6 is 0 Å². The first kappa shape index (κ1) is 15.7. The average Bonchev–Trinajstić information content (AvgIpc) is 2.59. The predicted octanol–water partition coefficient (Wildman–Crippen LogP) is 3.87. The molecule has 122 valence electrons. The highest BCUT2D eigenvalue weighted by Gasteiger charge is 2.14. The molecule has 0 unspecified atom stereocenters.